The fourth-order valence-electron chi connectivity index (χ4n) is 1.38. The first kappa shape index (κ1) is 10.8. The topological polar surface area (TPSA) is 24.9 Å². The van der Waals surface area contributed by atoms with Gasteiger partial charge in [-0.3, -0.25) is 0 Å². The SMILES string of the molecule is Cc1ncc(CN[C@H](C)c2cccs2)s1. The molecule has 0 radical (unpaired) electrons. The molecular formula is C11H14N2S2. The van der Waals surface area contributed by atoms with Gasteiger partial charge in [-0.1, -0.05) is 6.07 Å². The van der Waals surface area contributed by atoms with Crippen molar-refractivity contribution in [2.24, 2.45) is 0 Å². The van der Waals surface area contributed by atoms with E-state index in [9.17, 15) is 0 Å². The van der Waals surface area contributed by atoms with Crippen LogP contribution >= 0.6 is 22.7 Å². The number of nitrogens with zero attached hydrogens (tertiary/aromatic N) is 1. The molecule has 80 valence electrons. The Kier molecular flexibility index (Phi) is 3.51. The van der Waals surface area contributed by atoms with Crippen molar-refractivity contribution in [2.75, 3.05) is 0 Å². The van der Waals surface area contributed by atoms with E-state index in [1.54, 1.807) is 22.7 Å². The quantitative estimate of drug-likeness (QED) is 0.883. The summed E-state index contributed by atoms with van der Waals surface area (Å²) in [6.07, 6.45) is 1.95. The summed E-state index contributed by atoms with van der Waals surface area (Å²) in [6.45, 7) is 5.14. The van der Waals surface area contributed by atoms with Gasteiger partial charge in [-0.25, -0.2) is 4.98 Å². The lowest BCUT2D eigenvalue weighted by Gasteiger charge is -2.10. The number of aromatic nitrogens is 1. The maximum absolute atomic E-state index is 4.24. The van der Waals surface area contributed by atoms with Gasteiger partial charge in [0.1, 0.15) is 0 Å². The first-order valence-corrected chi connectivity index (χ1v) is 6.63. The molecule has 2 aromatic heterocycles. The van der Waals surface area contributed by atoms with Crippen LogP contribution in [0, 0.1) is 6.92 Å². The van der Waals surface area contributed by atoms with Crippen molar-refractivity contribution in [3.8, 4) is 0 Å². The van der Waals surface area contributed by atoms with Crippen molar-refractivity contribution < 1.29 is 0 Å². The lowest BCUT2D eigenvalue weighted by Crippen LogP contribution is -2.16. The van der Waals surface area contributed by atoms with E-state index in [2.05, 4.69) is 34.7 Å². The maximum atomic E-state index is 4.24. The molecule has 2 nitrogen and oxygen atoms in total. The molecular weight excluding hydrogens is 224 g/mol. The van der Waals surface area contributed by atoms with Crippen LogP contribution in [0.2, 0.25) is 0 Å². The van der Waals surface area contributed by atoms with Crippen molar-refractivity contribution in [1.29, 1.82) is 0 Å². The molecule has 0 saturated carbocycles. The zero-order valence-electron chi connectivity index (χ0n) is 8.86. The summed E-state index contributed by atoms with van der Waals surface area (Å²) in [5.74, 6) is 0. The van der Waals surface area contributed by atoms with E-state index in [0.29, 0.717) is 6.04 Å². The summed E-state index contributed by atoms with van der Waals surface area (Å²) in [5.41, 5.74) is 0. The van der Waals surface area contributed by atoms with Crippen LogP contribution in [0.15, 0.2) is 23.7 Å². The molecule has 15 heavy (non-hydrogen) atoms. The number of thiophene rings is 1. The van der Waals surface area contributed by atoms with Gasteiger partial charge in [-0.05, 0) is 25.3 Å². The zero-order valence-corrected chi connectivity index (χ0v) is 10.5. The summed E-state index contributed by atoms with van der Waals surface area (Å²) in [7, 11) is 0. The molecule has 0 spiro atoms. The molecule has 2 rings (SSSR count). The molecule has 0 saturated heterocycles. The third-order valence-corrected chi connectivity index (χ3v) is 4.19. The van der Waals surface area contributed by atoms with Gasteiger partial charge >= 0.3 is 0 Å². The van der Waals surface area contributed by atoms with Crippen molar-refractivity contribution in [2.45, 2.75) is 26.4 Å². The highest BCUT2D eigenvalue weighted by Crippen LogP contribution is 2.19. The second-order valence-corrected chi connectivity index (χ2v) is 5.76. The van der Waals surface area contributed by atoms with E-state index >= 15 is 0 Å². The smallest absolute Gasteiger partial charge is 0.0897 e. The molecule has 0 amide bonds. The van der Waals surface area contributed by atoms with Crippen molar-refractivity contribution >= 4 is 22.7 Å². The van der Waals surface area contributed by atoms with E-state index in [-0.39, 0.29) is 0 Å². The minimum Gasteiger partial charge on any atom is -0.304 e. The van der Waals surface area contributed by atoms with Crippen LogP contribution in [0.5, 0.6) is 0 Å². The van der Waals surface area contributed by atoms with Crippen LogP contribution in [0.4, 0.5) is 0 Å². The van der Waals surface area contributed by atoms with Gasteiger partial charge in [0.15, 0.2) is 0 Å². The predicted molar refractivity (Wildman–Crippen MR) is 66.4 cm³/mol. The lowest BCUT2D eigenvalue weighted by atomic mass is 10.3. The third kappa shape index (κ3) is 2.87. The molecule has 0 aliphatic heterocycles. The van der Waals surface area contributed by atoms with Crippen molar-refractivity contribution in [3.05, 3.63) is 38.5 Å². The molecule has 0 fully saturated rings. The molecule has 4 heteroatoms. The minimum absolute atomic E-state index is 0.424. The Bertz CT molecular complexity index is 406. The third-order valence-electron chi connectivity index (χ3n) is 2.22. The second-order valence-electron chi connectivity index (χ2n) is 3.46. The number of thiazole rings is 1. The van der Waals surface area contributed by atoms with E-state index in [1.807, 2.05) is 13.1 Å². The summed E-state index contributed by atoms with van der Waals surface area (Å²) >= 11 is 3.55. The van der Waals surface area contributed by atoms with Gasteiger partial charge in [-0.2, -0.15) is 0 Å². The highest BCUT2D eigenvalue weighted by molar-refractivity contribution is 7.11. The fraction of sp³-hybridized carbons (Fsp3) is 0.364. The standard InChI is InChI=1S/C11H14N2S2/c1-8(11-4-3-5-14-11)12-6-10-7-13-9(2)15-10/h3-5,7-8,12H,6H2,1-2H3/t8-/m1/s1. The van der Waals surface area contributed by atoms with Crippen LogP contribution in [-0.4, -0.2) is 4.98 Å². The molecule has 0 bridgehead atoms. The number of aryl methyl sites for hydroxylation is 1. The highest BCUT2D eigenvalue weighted by Gasteiger charge is 2.06. The van der Waals surface area contributed by atoms with Gasteiger partial charge in [0.25, 0.3) is 0 Å². The molecule has 2 aromatic rings. The molecule has 1 atom stereocenters. The van der Waals surface area contributed by atoms with Gasteiger partial charge in [0.05, 0.1) is 5.01 Å². The van der Waals surface area contributed by atoms with Crippen LogP contribution < -0.4 is 5.32 Å². The van der Waals surface area contributed by atoms with Crippen LogP contribution in [0.25, 0.3) is 0 Å². The Labute approximate surface area is 98.0 Å². The van der Waals surface area contributed by atoms with Crippen LogP contribution in [-0.2, 0) is 6.54 Å². The summed E-state index contributed by atoms with van der Waals surface area (Å²) in [6, 6.07) is 4.68. The van der Waals surface area contributed by atoms with E-state index in [1.165, 1.54) is 9.75 Å². The van der Waals surface area contributed by atoms with Gasteiger partial charge in [0.2, 0.25) is 0 Å². The number of nitrogens with one attached hydrogen (secondary N) is 1. The second kappa shape index (κ2) is 4.88. The first-order chi connectivity index (χ1) is 7.25. The molecule has 0 unspecified atom stereocenters. The number of rotatable bonds is 4. The van der Waals surface area contributed by atoms with E-state index in [4.69, 9.17) is 0 Å². The Morgan fingerprint density at radius 3 is 3.00 bits per heavy atom. The molecule has 0 aliphatic rings. The molecule has 2 heterocycles. The fourth-order valence-corrected chi connectivity index (χ4v) is 2.88. The van der Waals surface area contributed by atoms with Gasteiger partial charge in [-0.15, -0.1) is 22.7 Å². The molecule has 0 aliphatic carbocycles. The monoisotopic (exact) mass is 238 g/mol. The Morgan fingerprint density at radius 1 is 1.53 bits per heavy atom. The van der Waals surface area contributed by atoms with E-state index < -0.39 is 0 Å². The van der Waals surface area contributed by atoms with Crippen LogP contribution in [0.3, 0.4) is 0 Å². The zero-order chi connectivity index (χ0) is 10.7. The molecule has 0 aromatic carbocycles. The molecule has 1 N–H and O–H groups in total. The van der Waals surface area contributed by atoms with Gasteiger partial charge in [0, 0.05) is 28.5 Å². The summed E-state index contributed by atoms with van der Waals surface area (Å²) < 4.78 is 0. The Balaban J connectivity index is 1.88. The number of hydrogen-bond acceptors (Lipinski definition) is 4. The predicted octanol–water partition coefficient (Wildman–Crippen LogP) is 3.36. The highest BCUT2D eigenvalue weighted by atomic mass is 32.1. The van der Waals surface area contributed by atoms with Crippen LogP contribution in [0.1, 0.15) is 27.7 Å². The largest absolute Gasteiger partial charge is 0.304 e. The number of hydrogen-bond donors (Lipinski definition) is 1. The summed E-state index contributed by atoms with van der Waals surface area (Å²) in [4.78, 5) is 6.93. The Hall–Kier alpha value is -0.710. The maximum Gasteiger partial charge on any atom is 0.0897 e. The van der Waals surface area contributed by atoms with E-state index in [0.717, 1.165) is 11.6 Å². The Morgan fingerprint density at radius 2 is 2.40 bits per heavy atom. The average Bonchev–Trinajstić information content (AvgIpc) is 2.84. The average molecular weight is 238 g/mol. The van der Waals surface area contributed by atoms with Crippen molar-refractivity contribution in [1.82, 2.24) is 10.3 Å². The first-order valence-electron chi connectivity index (χ1n) is 4.94. The van der Waals surface area contributed by atoms with Gasteiger partial charge < -0.3 is 5.32 Å². The minimum atomic E-state index is 0.424. The normalized spacial score (nSPS) is 12.9. The van der Waals surface area contributed by atoms with Crippen molar-refractivity contribution in [3.63, 3.8) is 0 Å². The summed E-state index contributed by atoms with van der Waals surface area (Å²) in [5, 5.41) is 6.75. The lowest BCUT2D eigenvalue weighted by molar-refractivity contribution is 0.587.